The molecule has 2 rings (SSSR count). The Balaban J connectivity index is 2.06. The lowest BCUT2D eigenvalue weighted by molar-refractivity contribution is -0.127. The van der Waals surface area contributed by atoms with Crippen LogP contribution in [0.15, 0.2) is 48.5 Å². The van der Waals surface area contributed by atoms with E-state index in [2.05, 4.69) is 10.6 Å². The van der Waals surface area contributed by atoms with Crippen LogP contribution < -0.4 is 10.6 Å². The zero-order valence-corrected chi connectivity index (χ0v) is 15.3. The van der Waals surface area contributed by atoms with Gasteiger partial charge in [0, 0.05) is 24.8 Å². The van der Waals surface area contributed by atoms with Crippen molar-refractivity contribution in [2.24, 2.45) is 0 Å². The van der Waals surface area contributed by atoms with Crippen molar-refractivity contribution < 1.29 is 9.59 Å². The molecule has 0 saturated carbocycles. The van der Waals surface area contributed by atoms with Gasteiger partial charge in [-0.05, 0) is 30.2 Å². The lowest BCUT2D eigenvalue weighted by Gasteiger charge is -2.18. The summed E-state index contributed by atoms with van der Waals surface area (Å²) in [6.45, 7) is 1.86. The van der Waals surface area contributed by atoms with Gasteiger partial charge in [-0.15, -0.1) is 0 Å². The predicted octanol–water partition coefficient (Wildman–Crippen LogP) is 3.85. The Morgan fingerprint density at radius 3 is 2.40 bits per heavy atom. The van der Waals surface area contributed by atoms with Gasteiger partial charge in [0.1, 0.15) is 0 Å². The fourth-order valence-electron chi connectivity index (χ4n) is 2.38. The SMILES string of the molecule is CC(NC(=O)Nc1ccccc1CC(=O)N(C)C)c1ccccc1Cl. The summed E-state index contributed by atoms with van der Waals surface area (Å²) in [5.41, 5.74) is 2.22. The molecule has 0 aliphatic carbocycles. The Labute approximate surface area is 153 Å². The molecule has 0 aromatic heterocycles. The van der Waals surface area contributed by atoms with Crippen LogP contribution in [0.1, 0.15) is 24.1 Å². The van der Waals surface area contributed by atoms with Crippen LogP contribution in [0.4, 0.5) is 10.5 Å². The van der Waals surface area contributed by atoms with Crippen molar-refractivity contribution in [2.45, 2.75) is 19.4 Å². The molecule has 25 heavy (non-hydrogen) atoms. The number of benzene rings is 2. The summed E-state index contributed by atoms with van der Waals surface area (Å²) in [5.74, 6) is -0.0286. The molecule has 0 aliphatic heterocycles. The minimum atomic E-state index is -0.350. The van der Waals surface area contributed by atoms with Gasteiger partial charge in [0.2, 0.25) is 5.91 Å². The van der Waals surface area contributed by atoms with Gasteiger partial charge in [0.05, 0.1) is 12.5 Å². The quantitative estimate of drug-likeness (QED) is 0.851. The molecule has 1 atom stereocenters. The third-order valence-corrected chi connectivity index (χ3v) is 4.17. The fourth-order valence-corrected chi connectivity index (χ4v) is 2.68. The number of para-hydroxylation sites is 1. The molecule has 0 bridgehead atoms. The molecule has 2 aromatic rings. The zero-order valence-electron chi connectivity index (χ0n) is 14.5. The number of halogens is 1. The third kappa shape index (κ3) is 5.22. The number of anilines is 1. The lowest BCUT2D eigenvalue weighted by atomic mass is 10.1. The van der Waals surface area contributed by atoms with Crippen LogP contribution >= 0.6 is 11.6 Å². The first-order chi connectivity index (χ1) is 11.9. The topological polar surface area (TPSA) is 61.4 Å². The Hall–Kier alpha value is -2.53. The number of carbonyl (C=O) groups excluding carboxylic acids is 2. The molecule has 0 fully saturated rings. The second-order valence-electron chi connectivity index (χ2n) is 5.96. The van der Waals surface area contributed by atoms with Gasteiger partial charge in [-0.25, -0.2) is 4.79 Å². The predicted molar refractivity (Wildman–Crippen MR) is 101 cm³/mol. The summed E-state index contributed by atoms with van der Waals surface area (Å²) in [5, 5.41) is 6.27. The fraction of sp³-hybridized carbons (Fsp3) is 0.263. The number of urea groups is 1. The van der Waals surface area contributed by atoms with E-state index in [1.54, 1.807) is 26.2 Å². The smallest absolute Gasteiger partial charge is 0.319 e. The number of likely N-dealkylation sites (N-methyl/N-ethyl adjacent to an activating group) is 1. The number of amides is 3. The van der Waals surface area contributed by atoms with Crippen LogP contribution in [0.25, 0.3) is 0 Å². The average molecular weight is 360 g/mol. The van der Waals surface area contributed by atoms with Crippen molar-refractivity contribution >= 4 is 29.2 Å². The summed E-state index contributed by atoms with van der Waals surface area (Å²) >= 11 is 6.16. The van der Waals surface area contributed by atoms with Crippen molar-refractivity contribution in [3.05, 3.63) is 64.7 Å². The van der Waals surface area contributed by atoms with Crippen LogP contribution in [-0.2, 0) is 11.2 Å². The number of nitrogens with one attached hydrogen (secondary N) is 2. The summed E-state index contributed by atoms with van der Waals surface area (Å²) < 4.78 is 0. The third-order valence-electron chi connectivity index (χ3n) is 3.83. The molecule has 2 aromatic carbocycles. The maximum absolute atomic E-state index is 12.3. The van der Waals surface area contributed by atoms with Crippen LogP contribution in [0.3, 0.4) is 0 Å². The maximum Gasteiger partial charge on any atom is 0.319 e. The lowest BCUT2D eigenvalue weighted by Crippen LogP contribution is -2.32. The molecular weight excluding hydrogens is 338 g/mol. The van der Waals surface area contributed by atoms with E-state index < -0.39 is 0 Å². The van der Waals surface area contributed by atoms with Crippen molar-refractivity contribution in [1.82, 2.24) is 10.2 Å². The van der Waals surface area contributed by atoms with E-state index in [9.17, 15) is 9.59 Å². The van der Waals surface area contributed by atoms with Crippen LogP contribution in [0, 0.1) is 0 Å². The van der Waals surface area contributed by atoms with Crippen LogP contribution in [0.2, 0.25) is 5.02 Å². The molecule has 1 unspecified atom stereocenters. The molecule has 0 saturated heterocycles. The Morgan fingerprint density at radius 2 is 1.72 bits per heavy atom. The average Bonchev–Trinajstić information content (AvgIpc) is 2.56. The van der Waals surface area contributed by atoms with E-state index in [1.165, 1.54) is 4.90 Å². The van der Waals surface area contributed by atoms with E-state index in [-0.39, 0.29) is 24.4 Å². The summed E-state index contributed by atoms with van der Waals surface area (Å²) in [6.07, 6.45) is 0.226. The first kappa shape index (κ1) is 18.8. The number of hydrogen-bond donors (Lipinski definition) is 2. The number of hydrogen-bond acceptors (Lipinski definition) is 2. The van der Waals surface area contributed by atoms with Gasteiger partial charge in [0.15, 0.2) is 0 Å². The summed E-state index contributed by atoms with van der Waals surface area (Å²) in [6, 6.07) is 14.0. The highest BCUT2D eigenvalue weighted by atomic mass is 35.5. The Kier molecular flexibility index (Phi) is 6.42. The summed E-state index contributed by atoms with van der Waals surface area (Å²) in [7, 11) is 3.41. The molecule has 0 spiro atoms. The molecule has 2 N–H and O–H groups in total. The van der Waals surface area contributed by atoms with E-state index in [1.807, 2.05) is 43.3 Å². The van der Waals surface area contributed by atoms with Crippen LogP contribution in [0.5, 0.6) is 0 Å². The van der Waals surface area contributed by atoms with E-state index in [4.69, 9.17) is 11.6 Å². The number of carbonyl (C=O) groups is 2. The molecule has 0 heterocycles. The molecule has 5 nitrogen and oxygen atoms in total. The minimum Gasteiger partial charge on any atom is -0.349 e. The first-order valence-electron chi connectivity index (χ1n) is 7.98. The van der Waals surface area contributed by atoms with Gasteiger partial charge < -0.3 is 15.5 Å². The van der Waals surface area contributed by atoms with Gasteiger partial charge in [-0.2, -0.15) is 0 Å². The van der Waals surface area contributed by atoms with Crippen LogP contribution in [-0.4, -0.2) is 30.9 Å². The van der Waals surface area contributed by atoms with E-state index in [0.717, 1.165) is 11.1 Å². The number of rotatable bonds is 5. The van der Waals surface area contributed by atoms with Gasteiger partial charge >= 0.3 is 6.03 Å². The van der Waals surface area contributed by atoms with Crippen molar-refractivity contribution in [2.75, 3.05) is 19.4 Å². The minimum absolute atomic E-state index is 0.0286. The highest BCUT2D eigenvalue weighted by Gasteiger charge is 2.14. The highest BCUT2D eigenvalue weighted by molar-refractivity contribution is 6.31. The molecule has 132 valence electrons. The standard InChI is InChI=1S/C19H22ClN3O2/c1-13(15-9-5-6-10-16(15)20)21-19(25)22-17-11-7-4-8-14(17)12-18(24)23(2)3/h4-11,13H,12H2,1-3H3,(H2,21,22,25). The molecular formula is C19H22ClN3O2. The molecule has 6 heteroatoms. The van der Waals surface area contributed by atoms with Crippen molar-refractivity contribution in [1.29, 1.82) is 0 Å². The zero-order chi connectivity index (χ0) is 18.4. The second-order valence-corrected chi connectivity index (χ2v) is 6.37. The van der Waals surface area contributed by atoms with E-state index >= 15 is 0 Å². The molecule has 3 amide bonds. The number of nitrogens with zero attached hydrogens (tertiary/aromatic N) is 1. The molecule has 0 aliphatic rings. The highest BCUT2D eigenvalue weighted by Crippen LogP contribution is 2.22. The van der Waals surface area contributed by atoms with Crippen molar-refractivity contribution in [3.63, 3.8) is 0 Å². The Morgan fingerprint density at radius 1 is 1.08 bits per heavy atom. The normalized spacial score (nSPS) is 11.5. The Bertz CT molecular complexity index is 762. The van der Waals surface area contributed by atoms with Gasteiger partial charge in [-0.1, -0.05) is 48.0 Å². The van der Waals surface area contributed by atoms with Gasteiger partial charge in [0.25, 0.3) is 0 Å². The van der Waals surface area contributed by atoms with E-state index in [0.29, 0.717) is 10.7 Å². The maximum atomic E-state index is 12.3. The van der Waals surface area contributed by atoms with Crippen molar-refractivity contribution in [3.8, 4) is 0 Å². The second kappa shape index (κ2) is 8.53. The monoisotopic (exact) mass is 359 g/mol. The largest absolute Gasteiger partial charge is 0.349 e. The summed E-state index contributed by atoms with van der Waals surface area (Å²) in [4.78, 5) is 25.8. The molecule has 0 radical (unpaired) electrons. The first-order valence-corrected chi connectivity index (χ1v) is 8.36. The van der Waals surface area contributed by atoms with Gasteiger partial charge in [-0.3, -0.25) is 4.79 Å².